The maximum Gasteiger partial charge on any atom is 0.246 e. The van der Waals surface area contributed by atoms with Crippen molar-refractivity contribution in [1.82, 2.24) is 15.1 Å². The Morgan fingerprint density at radius 2 is 1.20 bits per heavy atom. The van der Waals surface area contributed by atoms with Crippen LogP contribution in [0.1, 0.15) is 118 Å². The van der Waals surface area contributed by atoms with Crippen molar-refractivity contribution < 1.29 is 14.6 Å². The van der Waals surface area contributed by atoms with Crippen molar-refractivity contribution in [3.05, 3.63) is 143 Å². The number of nitrogens with zero attached hydrogens (tertiary/aromatic N) is 2. The van der Waals surface area contributed by atoms with Crippen LogP contribution in [0.15, 0.2) is 109 Å². The highest BCUT2D eigenvalue weighted by Crippen LogP contribution is 2.42. The van der Waals surface area contributed by atoms with Crippen LogP contribution in [-0.2, 0) is 35.6 Å². The summed E-state index contributed by atoms with van der Waals surface area (Å²) in [6, 6.07) is 36.6. The van der Waals surface area contributed by atoms with Crippen molar-refractivity contribution in [3.8, 4) is 0 Å². The van der Waals surface area contributed by atoms with Crippen molar-refractivity contribution in [1.29, 1.82) is 0 Å². The molecular formula is C57H77B2N3O3. The fourth-order valence-corrected chi connectivity index (χ4v) is 10.9. The van der Waals surface area contributed by atoms with Crippen molar-refractivity contribution in [2.45, 2.75) is 123 Å². The average molecular weight is 874 g/mol. The van der Waals surface area contributed by atoms with E-state index < -0.39 is 0 Å². The number of hydrogen-bond donors (Lipinski definition) is 2. The van der Waals surface area contributed by atoms with E-state index in [2.05, 4.69) is 146 Å². The lowest BCUT2D eigenvalue weighted by Crippen LogP contribution is -2.31. The molecule has 2 heterocycles. The second-order valence-electron chi connectivity index (χ2n) is 21.0. The van der Waals surface area contributed by atoms with Gasteiger partial charge in [-0.25, -0.2) is 0 Å². The number of carbonyl (C=O) groups is 1. The predicted octanol–water partition coefficient (Wildman–Crippen LogP) is 11.0. The molecule has 344 valence electrons. The molecule has 6 nitrogen and oxygen atoms in total. The van der Waals surface area contributed by atoms with Crippen LogP contribution in [-0.4, -0.2) is 81.4 Å². The standard InChI is InChI=1S/C57H77B2N3O3/c1-7-42(2)55(64)60-30-16-31-62(38-44-18-9-11-20-46(44)54-26-29-57(5,6)41-59-54)39-52-49-23-14-12-21-47(49)51(48-22-13-15-24-50(48)52)27-32-61(33-35-65-36-34-63)37-43-17-8-10-19-45(43)53-25-28-56(3,4)40-58-53/h8-15,17-24,53-54,58-59,63H,2,7,16,25-41H2,1,3-6H3,(H,60,64). The zero-order valence-electron chi connectivity index (χ0n) is 40.6. The summed E-state index contributed by atoms with van der Waals surface area (Å²) < 4.78 is 5.90. The second kappa shape index (κ2) is 23.0. The number of carbonyl (C=O) groups excluding carboxylic acids is 1. The van der Waals surface area contributed by atoms with Gasteiger partial charge in [-0.15, -0.1) is 0 Å². The van der Waals surface area contributed by atoms with Crippen molar-refractivity contribution >= 4 is 42.0 Å². The topological polar surface area (TPSA) is 65.0 Å². The first-order valence-electron chi connectivity index (χ1n) is 25.1. The number of rotatable bonds is 22. The molecule has 0 aromatic heterocycles. The van der Waals surface area contributed by atoms with Gasteiger partial charge in [0.2, 0.25) is 5.91 Å². The summed E-state index contributed by atoms with van der Waals surface area (Å²) in [4.78, 5) is 17.9. The number of aliphatic hydroxyl groups excluding tert-OH is 1. The van der Waals surface area contributed by atoms with Gasteiger partial charge in [0, 0.05) is 51.4 Å². The first-order chi connectivity index (χ1) is 31.4. The van der Waals surface area contributed by atoms with Crippen LogP contribution in [0.25, 0.3) is 21.5 Å². The molecule has 0 bridgehead atoms. The molecule has 65 heavy (non-hydrogen) atoms. The molecule has 2 saturated heterocycles. The van der Waals surface area contributed by atoms with Crippen LogP contribution in [0.5, 0.6) is 0 Å². The molecule has 5 aromatic rings. The number of ether oxygens (including phenoxy) is 1. The molecule has 1 amide bonds. The SMILES string of the molecule is C=C(CC)C(=O)NCCCN(Cc1ccccc1C1BCC(C)(C)CC1)Cc1c2ccccc2c(CCN(CCOCCO)Cc2ccccc2C2BCC(C)(C)CC2)c2ccccc12. The number of amides is 1. The molecule has 7 rings (SSSR count). The van der Waals surface area contributed by atoms with E-state index in [0.29, 0.717) is 54.2 Å². The number of aliphatic hydroxyl groups is 1. The molecule has 0 aliphatic carbocycles. The van der Waals surface area contributed by atoms with Gasteiger partial charge in [-0.3, -0.25) is 14.6 Å². The first-order valence-corrected chi connectivity index (χ1v) is 25.1. The van der Waals surface area contributed by atoms with E-state index in [9.17, 15) is 9.90 Å². The third-order valence-electron chi connectivity index (χ3n) is 15.1. The molecule has 0 radical (unpaired) electrons. The van der Waals surface area contributed by atoms with Gasteiger partial charge in [0.25, 0.3) is 0 Å². The molecule has 0 saturated carbocycles. The Bertz CT molecular complexity index is 2280. The van der Waals surface area contributed by atoms with Crippen molar-refractivity contribution in [2.75, 3.05) is 46.0 Å². The quantitative estimate of drug-likeness (QED) is 0.0314. The predicted molar refractivity (Wildman–Crippen MR) is 278 cm³/mol. The number of benzene rings is 5. The summed E-state index contributed by atoms with van der Waals surface area (Å²) in [5, 5.41) is 18.0. The highest BCUT2D eigenvalue weighted by atomic mass is 16.5. The van der Waals surface area contributed by atoms with Gasteiger partial charge in [-0.1, -0.05) is 164 Å². The van der Waals surface area contributed by atoms with Crippen LogP contribution in [0.3, 0.4) is 0 Å². The minimum Gasteiger partial charge on any atom is -0.394 e. The van der Waals surface area contributed by atoms with Gasteiger partial charge < -0.3 is 15.2 Å². The lowest BCUT2D eigenvalue weighted by atomic mass is 9.47. The molecule has 2 unspecified atom stereocenters. The molecular weight excluding hydrogens is 796 g/mol. The van der Waals surface area contributed by atoms with Crippen LogP contribution >= 0.6 is 0 Å². The summed E-state index contributed by atoms with van der Waals surface area (Å²) in [5.74, 6) is 1.17. The van der Waals surface area contributed by atoms with E-state index in [1.54, 1.807) is 0 Å². The molecule has 2 atom stereocenters. The minimum atomic E-state index is -0.0361. The molecule has 5 aromatic carbocycles. The molecule has 2 aliphatic rings. The fraction of sp³-hybridized carbons (Fsp3) is 0.491. The fourth-order valence-electron chi connectivity index (χ4n) is 10.9. The summed E-state index contributed by atoms with van der Waals surface area (Å²) in [6.07, 6.45) is 10.0. The minimum absolute atomic E-state index is 0.0361. The Labute approximate surface area is 393 Å². The Hall–Kier alpha value is -4.20. The van der Waals surface area contributed by atoms with E-state index in [1.165, 1.54) is 108 Å². The van der Waals surface area contributed by atoms with E-state index in [0.717, 1.165) is 52.1 Å². The summed E-state index contributed by atoms with van der Waals surface area (Å²) in [6.45, 7) is 22.4. The van der Waals surface area contributed by atoms with E-state index >= 15 is 0 Å². The Morgan fingerprint density at radius 1 is 0.692 bits per heavy atom. The maximum absolute atomic E-state index is 12.7. The highest BCUT2D eigenvalue weighted by molar-refractivity contribution is 6.38. The molecule has 2 aliphatic heterocycles. The van der Waals surface area contributed by atoms with Gasteiger partial charge in [0.1, 0.15) is 14.6 Å². The summed E-state index contributed by atoms with van der Waals surface area (Å²) in [5.41, 5.74) is 10.2. The van der Waals surface area contributed by atoms with Gasteiger partial charge in [0.05, 0.1) is 19.8 Å². The third kappa shape index (κ3) is 13.0. The molecule has 8 heteroatoms. The zero-order valence-corrected chi connectivity index (χ0v) is 40.6. The Kier molecular flexibility index (Phi) is 17.2. The Balaban J connectivity index is 1.18. The number of fused-ring (bicyclic) bond motifs is 2. The third-order valence-corrected chi connectivity index (χ3v) is 15.1. The lowest BCUT2D eigenvalue weighted by Gasteiger charge is -2.35. The summed E-state index contributed by atoms with van der Waals surface area (Å²) >= 11 is 0. The maximum atomic E-state index is 12.7. The van der Waals surface area contributed by atoms with Crippen LogP contribution in [0, 0.1) is 10.8 Å². The van der Waals surface area contributed by atoms with Crippen LogP contribution < -0.4 is 5.32 Å². The lowest BCUT2D eigenvalue weighted by molar-refractivity contribution is -0.117. The molecule has 0 spiro atoms. The first kappa shape index (κ1) is 48.7. The average Bonchev–Trinajstić information content (AvgIpc) is 3.31. The summed E-state index contributed by atoms with van der Waals surface area (Å²) in [7, 11) is 2.50. The Morgan fingerprint density at radius 3 is 1.71 bits per heavy atom. The highest BCUT2D eigenvalue weighted by Gasteiger charge is 2.31. The van der Waals surface area contributed by atoms with Crippen molar-refractivity contribution in [3.63, 3.8) is 0 Å². The second-order valence-corrected chi connectivity index (χ2v) is 21.0. The van der Waals surface area contributed by atoms with Crippen molar-refractivity contribution in [2.24, 2.45) is 10.8 Å². The van der Waals surface area contributed by atoms with E-state index in [1.807, 2.05) is 6.92 Å². The van der Waals surface area contributed by atoms with Gasteiger partial charge in [0.15, 0.2) is 0 Å². The number of nitrogens with one attached hydrogen (secondary N) is 1. The largest absolute Gasteiger partial charge is 0.394 e. The van der Waals surface area contributed by atoms with E-state index in [-0.39, 0.29) is 12.5 Å². The van der Waals surface area contributed by atoms with Crippen LogP contribution in [0.2, 0.25) is 12.6 Å². The smallest absolute Gasteiger partial charge is 0.246 e. The molecule has 2 N–H and O–H groups in total. The normalized spacial score (nSPS) is 18.2. The van der Waals surface area contributed by atoms with Crippen LogP contribution in [0.4, 0.5) is 0 Å². The monoisotopic (exact) mass is 874 g/mol. The van der Waals surface area contributed by atoms with E-state index in [4.69, 9.17) is 4.74 Å². The van der Waals surface area contributed by atoms with Gasteiger partial charge in [-0.05, 0) is 109 Å². The van der Waals surface area contributed by atoms with Gasteiger partial charge in [-0.2, -0.15) is 0 Å². The number of hydrogen-bond acceptors (Lipinski definition) is 5. The van der Waals surface area contributed by atoms with Gasteiger partial charge >= 0.3 is 0 Å². The molecule has 2 fully saturated rings. The zero-order chi connectivity index (χ0) is 45.8.